The molecule has 0 aliphatic carbocycles. The van der Waals surface area contributed by atoms with Gasteiger partial charge in [-0.05, 0) is 65.2 Å². The largest absolute Gasteiger partial charge is 0.437 e. The molecule has 0 heterocycles. The van der Waals surface area contributed by atoms with E-state index in [0.29, 0.717) is 6.61 Å². The Morgan fingerprint density at radius 3 is 1.62 bits per heavy atom. The van der Waals surface area contributed by atoms with Crippen LogP contribution in [-0.4, -0.2) is 38.4 Å². The average molecular weight is 349 g/mol. The fourth-order valence-electron chi connectivity index (χ4n) is 2.51. The standard InChI is InChI=1S/C15H36O3Si3/c1-9-16-14-12-10-11-13-15-21(8,17-19(2,3)4)18-20(5,6)7/h1H,9-15H2,2-8H3. The molecule has 0 aromatic rings. The second-order valence-electron chi connectivity index (χ2n) is 7.80. The van der Waals surface area contributed by atoms with Gasteiger partial charge in [-0.3, -0.25) is 0 Å². The maximum absolute atomic E-state index is 6.50. The lowest BCUT2D eigenvalue weighted by molar-refractivity contribution is 0.156. The van der Waals surface area contributed by atoms with Gasteiger partial charge in [0.15, 0.2) is 16.6 Å². The summed E-state index contributed by atoms with van der Waals surface area (Å²) >= 11 is 0. The van der Waals surface area contributed by atoms with Crippen molar-refractivity contribution in [2.75, 3.05) is 13.2 Å². The van der Waals surface area contributed by atoms with Crippen LogP contribution < -0.4 is 0 Å². The van der Waals surface area contributed by atoms with Crippen molar-refractivity contribution in [3.8, 4) is 0 Å². The Bertz CT molecular complexity index is 256. The molecule has 2 radical (unpaired) electrons. The normalized spacial score (nSPS) is 13.7. The zero-order chi connectivity index (χ0) is 16.6. The number of unbranched alkanes of at least 4 members (excludes halogenated alkanes) is 3. The van der Waals surface area contributed by atoms with Gasteiger partial charge in [0, 0.05) is 6.61 Å². The Morgan fingerprint density at radius 2 is 1.19 bits per heavy atom. The molecular weight excluding hydrogens is 312 g/mol. The first-order chi connectivity index (χ1) is 9.47. The maximum Gasteiger partial charge on any atom is 0.314 e. The highest BCUT2D eigenvalue weighted by Crippen LogP contribution is 2.26. The molecular formula is C15H36O3Si3. The van der Waals surface area contributed by atoms with E-state index in [-0.39, 0.29) is 0 Å². The Morgan fingerprint density at radius 1 is 0.714 bits per heavy atom. The summed E-state index contributed by atoms with van der Waals surface area (Å²) < 4.78 is 18.2. The highest BCUT2D eigenvalue weighted by atomic mass is 28.5. The molecule has 6 heteroatoms. The Hall–Kier alpha value is 0.531. The topological polar surface area (TPSA) is 27.7 Å². The molecule has 21 heavy (non-hydrogen) atoms. The van der Waals surface area contributed by atoms with Crippen molar-refractivity contribution in [1.29, 1.82) is 0 Å². The van der Waals surface area contributed by atoms with Crippen LogP contribution in [0.25, 0.3) is 0 Å². The smallest absolute Gasteiger partial charge is 0.314 e. The van der Waals surface area contributed by atoms with E-state index in [4.69, 9.17) is 19.9 Å². The van der Waals surface area contributed by atoms with Crippen LogP contribution in [0.15, 0.2) is 0 Å². The zero-order valence-corrected chi connectivity index (χ0v) is 18.3. The third-order valence-corrected chi connectivity index (χ3v) is 12.4. The van der Waals surface area contributed by atoms with Crippen LogP contribution in [0.4, 0.5) is 0 Å². The molecule has 0 rings (SSSR count). The van der Waals surface area contributed by atoms with Gasteiger partial charge in [0.2, 0.25) is 0 Å². The predicted octanol–water partition coefficient (Wildman–Crippen LogP) is 5.05. The molecule has 0 aromatic heterocycles. The number of ether oxygens (including phenoxy) is 1. The minimum Gasteiger partial charge on any atom is -0.437 e. The lowest BCUT2D eigenvalue weighted by Crippen LogP contribution is -2.52. The van der Waals surface area contributed by atoms with Crippen LogP contribution in [0.5, 0.6) is 0 Å². The number of rotatable bonds is 12. The second-order valence-corrected chi connectivity index (χ2v) is 20.7. The first kappa shape index (κ1) is 21.5. The van der Waals surface area contributed by atoms with Crippen LogP contribution in [0, 0.1) is 6.92 Å². The highest BCUT2D eigenvalue weighted by Gasteiger charge is 2.39. The fraction of sp³-hybridized carbons (Fsp3) is 0.933. The quantitative estimate of drug-likeness (QED) is 0.365. The van der Waals surface area contributed by atoms with Crippen molar-refractivity contribution in [2.45, 2.75) is 77.6 Å². The third-order valence-electron chi connectivity index (χ3n) is 2.83. The third kappa shape index (κ3) is 13.9. The molecule has 3 nitrogen and oxygen atoms in total. The lowest BCUT2D eigenvalue weighted by Gasteiger charge is -2.38. The zero-order valence-electron chi connectivity index (χ0n) is 15.3. The summed E-state index contributed by atoms with van der Waals surface area (Å²) in [5.74, 6) is 0. The van der Waals surface area contributed by atoms with Crippen molar-refractivity contribution in [3.63, 3.8) is 0 Å². The van der Waals surface area contributed by atoms with Gasteiger partial charge in [-0.15, -0.1) is 0 Å². The summed E-state index contributed by atoms with van der Waals surface area (Å²) in [6.45, 7) is 22.2. The van der Waals surface area contributed by atoms with E-state index in [9.17, 15) is 0 Å². The van der Waals surface area contributed by atoms with Gasteiger partial charge in [-0.1, -0.05) is 19.3 Å². The second kappa shape index (κ2) is 9.62. The van der Waals surface area contributed by atoms with Gasteiger partial charge in [-0.2, -0.15) is 0 Å². The molecule has 0 fully saturated rings. The number of hydrogen-bond donors (Lipinski definition) is 0. The van der Waals surface area contributed by atoms with E-state index in [0.717, 1.165) is 19.1 Å². The Kier molecular flexibility index (Phi) is 9.86. The maximum atomic E-state index is 6.50. The van der Waals surface area contributed by atoms with Crippen LogP contribution in [0.2, 0.25) is 51.9 Å². The molecule has 0 aliphatic rings. The van der Waals surface area contributed by atoms with E-state index in [2.05, 4.69) is 45.8 Å². The summed E-state index contributed by atoms with van der Waals surface area (Å²) in [6, 6.07) is 1.11. The van der Waals surface area contributed by atoms with Crippen LogP contribution in [0.1, 0.15) is 25.7 Å². The average Bonchev–Trinajstić information content (AvgIpc) is 2.22. The van der Waals surface area contributed by atoms with Crippen molar-refractivity contribution in [1.82, 2.24) is 0 Å². The minimum absolute atomic E-state index is 0.332. The first-order valence-electron chi connectivity index (χ1n) is 8.16. The first-order valence-corrected chi connectivity index (χ1v) is 17.5. The molecule has 0 N–H and O–H groups in total. The van der Waals surface area contributed by atoms with E-state index < -0.39 is 25.2 Å². The van der Waals surface area contributed by atoms with E-state index in [1.165, 1.54) is 19.3 Å². The molecule has 0 aliphatic heterocycles. The predicted molar refractivity (Wildman–Crippen MR) is 98.9 cm³/mol. The van der Waals surface area contributed by atoms with Gasteiger partial charge < -0.3 is 13.0 Å². The van der Waals surface area contributed by atoms with E-state index >= 15 is 0 Å². The van der Waals surface area contributed by atoms with Gasteiger partial charge in [-0.25, -0.2) is 0 Å². The molecule has 0 bridgehead atoms. The Balaban J connectivity index is 4.23. The van der Waals surface area contributed by atoms with E-state index in [1.54, 1.807) is 0 Å². The summed E-state index contributed by atoms with van der Waals surface area (Å²) in [5.41, 5.74) is 0. The monoisotopic (exact) mass is 348 g/mol. The van der Waals surface area contributed by atoms with Gasteiger partial charge in [0.25, 0.3) is 0 Å². The molecule has 0 saturated heterocycles. The minimum atomic E-state index is -2.02. The molecule has 0 saturated carbocycles. The molecule has 0 aromatic carbocycles. The fourth-order valence-corrected chi connectivity index (χ4v) is 15.1. The van der Waals surface area contributed by atoms with Crippen molar-refractivity contribution < 1.29 is 13.0 Å². The molecule has 0 atom stereocenters. The number of hydrogen-bond acceptors (Lipinski definition) is 3. The Labute approximate surface area is 136 Å². The van der Waals surface area contributed by atoms with Crippen molar-refractivity contribution in [3.05, 3.63) is 6.92 Å². The van der Waals surface area contributed by atoms with Crippen molar-refractivity contribution >= 4 is 25.2 Å². The van der Waals surface area contributed by atoms with Gasteiger partial charge in [0.1, 0.15) is 0 Å². The van der Waals surface area contributed by atoms with Crippen LogP contribution >= 0.6 is 0 Å². The molecule has 0 unspecified atom stereocenters. The summed E-state index contributed by atoms with van der Waals surface area (Å²) in [4.78, 5) is 0. The van der Waals surface area contributed by atoms with E-state index in [1.807, 2.05) is 0 Å². The van der Waals surface area contributed by atoms with Gasteiger partial charge in [0.05, 0.1) is 6.61 Å². The van der Waals surface area contributed by atoms with Crippen LogP contribution in [-0.2, 0) is 13.0 Å². The van der Waals surface area contributed by atoms with Gasteiger partial charge >= 0.3 is 8.56 Å². The lowest BCUT2D eigenvalue weighted by atomic mass is 10.2. The summed E-state index contributed by atoms with van der Waals surface area (Å²) in [6.07, 6.45) is 4.71. The summed E-state index contributed by atoms with van der Waals surface area (Å²) in [7, 11) is -5.13. The SMILES string of the molecule is [CH]COCCCCCC[Si](C)(O[Si](C)(C)C)O[Si](C)(C)C. The summed E-state index contributed by atoms with van der Waals surface area (Å²) in [5, 5.41) is 0. The van der Waals surface area contributed by atoms with Crippen molar-refractivity contribution in [2.24, 2.45) is 0 Å². The highest BCUT2D eigenvalue weighted by molar-refractivity contribution is 6.87. The molecule has 0 amide bonds. The molecule has 126 valence electrons. The molecule has 0 spiro atoms. The van der Waals surface area contributed by atoms with Crippen LogP contribution in [0.3, 0.4) is 0 Å².